The zero-order valence-corrected chi connectivity index (χ0v) is 9.39. The van der Waals surface area contributed by atoms with Crippen molar-refractivity contribution in [1.29, 1.82) is 0 Å². The van der Waals surface area contributed by atoms with Crippen molar-refractivity contribution >= 4 is 15.5 Å². The number of rotatable bonds is 1. The van der Waals surface area contributed by atoms with E-state index in [1.165, 1.54) is 0 Å². The smallest absolute Gasteiger partial charge is 0.160 e. The number of hydrogen-bond acceptors (Lipinski definition) is 4. The summed E-state index contributed by atoms with van der Waals surface area (Å²) in [6.07, 6.45) is 2.52. The number of sulfone groups is 1. The summed E-state index contributed by atoms with van der Waals surface area (Å²) in [6, 6.07) is 5.64. The van der Waals surface area contributed by atoms with Gasteiger partial charge >= 0.3 is 0 Å². The second-order valence-electron chi connectivity index (χ2n) is 4.09. The van der Waals surface area contributed by atoms with Crippen molar-refractivity contribution in [3.8, 4) is 0 Å². The van der Waals surface area contributed by atoms with Gasteiger partial charge in [-0.05, 0) is 18.6 Å². The summed E-state index contributed by atoms with van der Waals surface area (Å²) >= 11 is 0. The molecule has 0 N–H and O–H groups in total. The van der Waals surface area contributed by atoms with E-state index >= 15 is 0 Å². The summed E-state index contributed by atoms with van der Waals surface area (Å²) in [4.78, 5) is 0. The van der Waals surface area contributed by atoms with Gasteiger partial charge in [0, 0.05) is 12.1 Å². The lowest BCUT2D eigenvalue weighted by Crippen LogP contribution is -2.07. The van der Waals surface area contributed by atoms with Crippen LogP contribution in [-0.4, -0.2) is 34.5 Å². The SMILES string of the molecule is O=S1(=O)CCC(c2nnc3ccccn23)C1. The Morgan fingerprint density at radius 3 is 2.94 bits per heavy atom. The molecule has 1 atom stereocenters. The minimum atomic E-state index is -2.87. The second kappa shape index (κ2) is 3.28. The maximum absolute atomic E-state index is 11.4. The minimum Gasteiger partial charge on any atom is -0.286 e. The molecule has 84 valence electrons. The van der Waals surface area contributed by atoms with Crippen LogP contribution in [0.15, 0.2) is 24.4 Å². The quantitative estimate of drug-likeness (QED) is 0.729. The molecule has 0 bridgehead atoms. The first-order chi connectivity index (χ1) is 7.66. The lowest BCUT2D eigenvalue weighted by molar-refractivity contribution is 0.601. The Morgan fingerprint density at radius 1 is 1.31 bits per heavy atom. The zero-order valence-electron chi connectivity index (χ0n) is 8.57. The summed E-state index contributed by atoms with van der Waals surface area (Å²) in [7, 11) is -2.87. The van der Waals surface area contributed by atoms with Crippen LogP contribution in [-0.2, 0) is 9.84 Å². The Labute approximate surface area is 93.0 Å². The van der Waals surface area contributed by atoms with Crippen molar-refractivity contribution in [2.45, 2.75) is 12.3 Å². The largest absolute Gasteiger partial charge is 0.286 e. The summed E-state index contributed by atoms with van der Waals surface area (Å²) in [5.74, 6) is 1.21. The van der Waals surface area contributed by atoms with E-state index in [1.54, 1.807) is 0 Å². The minimum absolute atomic E-state index is 0.0117. The molecular weight excluding hydrogens is 226 g/mol. The zero-order chi connectivity index (χ0) is 11.2. The fourth-order valence-electron chi connectivity index (χ4n) is 2.14. The van der Waals surface area contributed by atoms with E-state index in [4.69, 9.17) is 0 Å². The monoisotopic (exact) mass is 237 g/mol. The van der Waals surface area contributed by atoms with E-state index in [9.17, 15) is 8.42 Å². The highest BCUT2D eigenvalue weighted by molar-refractivity contribution is 7.91. The maximum atomic E-state index is 11.4. The van der Waals surface area contributed by atoms with Crippen LogP contribution in [0.1, 0.15) is 18.2 Å². The second-order valence-corrected chi connectivity index (χ2v) is 6.32. The van der Waals surface area contributed by atoms with Gasteiger partial charge in [-0.3, -0.25) is 4.40 Å². The Kier molecular flexibility index (Phi) is 2.00. The maximum Gasteiger partial charge on any atom is 0.160 e. The molecule has 2 aromatic heterocycles. The average molecular weight is 237 g/mol. The van der Waals surface area contributed by atoms with Crippen molar-refractivity contribution in [2.24, 2.45) is 0 Å². The third kappa shape index (κ3) is 1.49. The van der Waals surface area contributed by atoms with Gasteiger partial charge in [0.25, 0.3) is 0 Å². The predicted molar refractivity (Wildman–Crippen MR) is 59.0 cm³/mol. The average Bonchev–Trinajstić information content (AvgIpc) is 2.81. The molecule has 2 aromatic rings. The van der Waals surface area contributed by atoms with Crippen molar-refractivity contribution in [1.82, 2.24) is 14.6 Å². The van der Waals surface area contributed by atoms with Gasteiger partial charge in [-0.25, -0.2) is 8.42 Å². The van der Waals surface area contributed by atoms with Crippen molar-refractivity contribution < 1.29 is 8.42 Å². The van der Waals surface area contributed by atoms with Crippen LogP contribution in [0.3, 0.4) is 0 Å². The normalized spacial score (nSPS) is 23.9. The summed E-state index contributed by atoms with van der Waals surface area (Å²) in [5, 5.41) is 8.12. The van der Waals surface area contributed by atoms with E-state index in [0.717, 1.165) is 11.5 Å². The first-order valence-electron chi connectivity index (χ1n) is 5.16. The molecular formula is C10H11N3O2S. The lowest BCUT2D eigenvalue weighted by atomic mass is 10.1. The summed E-state index contributed by atoms with van der Waals surface area (Å²) in [6.45, 7) is 0. The number of pyridine rings is 1. The van der Waals surface area contributed by atoms with Crippen molar-refractivity contribution in [2.75, 3.05) is 11.5 Å². The van der Waals surface area contributed by atoms with Crippen LogP contribution in [0.25, 0.3) is 5.65 Å². The van der Waals surface area contributed by atoms with Crippen LogP contribution in [0.2, 0.25) is 0 Å². The van der Waals surface area contributed by atoms with Crippen molar-refractivity contribution in [3.63, 3.8) is 0 Å². The molecule has 0 amide bonds. The van der Waals surface area contributed by atoms with E-state index in [1.807, 2.05) is 28.8 Å². The number of aromatic nitrogens is 3. The fraction of sp³-hybridized carbons (Fsp3) is 0.400. The van der Waals surface area contributed by atoms with Gasteiger partial charge in [0.15, 0.2) is 15.5 Å². The van der Waals surface area contributed by atoms with Gasteiger partial charge < -0.3 is 0 Å². The molecule has 0 radical (unpaired) electrons. The van der Waals surface area contributed by atoms with Gasteiger partial charge in [0.05, 0.1) is 11.5 Å². The first kappa shape index (κ1) is 9.77. The highest BCUT2D eigenvalue weighted by atomic mass is 32.2. The predicted octanol–water partition coefficient (Wildman–Crippen LogP) is 0.631. The third-order valence-electron chi connectivity index (χ3n) is 2.94. The molecule has 1 aliphatic heterocycles. The molecule has 3 rings (SSSR count). The lowest BCUT2D eigenvalue weighted by Gasteiger charge is -2.04. The first-order valence-corrected chi connectivity index (χ1v) is 6.98. The molecule has 5 nitrogen and oxygen atoms in total. The molecule has 1 fully saturated rings. The highest BCUT2D eigenvalue weighted by Gasteiger charge is 2.31. The Bertz CT molecular complexity index is 632. The Morgan fingerprint density at radius 2 is 2.19 bits per heavy atom. The fourth-order valence-corrected chi connectivity index (χ4v) is 3.88. The van der Waals surface area contributed by atoms with Crippen LogP contribution < -0.4 is 0 Å². The van der Waals surface area contributed by atoms with E-state index in [2.05, 4.69) is 10.2 Å². The van der Waals surface area contributed by atoms with Crippen LogP contribution in [0, 0.1) is 0 Å². The molecule has 1 saturated heterocycles. The molecule has 0 aromatic carbocycles. The standard InChI is InChI=1S/C10H11N3O2S/c14-16(15)6-4-8(7-16)10-12-11-9-3-1-2-5-13(9)10/h1-3,5,8H,4,6-7H2. The van der Waals surface area contributed by atoms with Gasteiger partial charge in [-0.2, -0.15) is 0 Å². The van der Waals surface area contributed by atoms with Crippen LogP contribution >= 0.6 is 0 Å². The topological polar surface area (TPSA) is 64.3 Å². The summed E-state index contributed by atoms with van der Waals surface area (Å²) in [5.41, 5.74) is 0.766. The molecule has 1 unspecified atom stereocenters. The van der Waals surface area contributed by atoms with E-state index < -0.39 is 9.84 Å². The van der Waals surface area contributed by atoms with Gasteiger partial charge in [0.1, 0.15) is 5.82 Å². The van der Waals surface area contributed by atoms with Gasteiger partial charge in [-0.1, -0.05) is 6.07 Å². The Balaban J connectivity index is 2.07. The molecule has 3 heterocycles. The molecule has 0 saturated carbocycles. The number of nitrogens with zero attached hydrogens (tertiary/aromatic N) is 3. The van der Waals surface area contributed by atoms with Crippen LogP contribution in [0.4, 0.5) is 0 Å². The number of fused-ring (bicyclic) bond motifs is 1. The number of hydrogen-bond donors (Lipinski definition) is 0. The van der Waals surface area contributed by atoms with Crippen molar-refractivity contribution in [3.05, 3.63) is 30.2 Å². The molecule has 0 aliphatic carbocycles. The molecule has 16 heavy (non-hydrogen) atoms. The van der Waals surface area contributed by atoms with Gasteiger partial charge in [-0.15, -0.1) is 10.2 Å². The molecule has 1 aliphatic rings. The molecule has 6 heteroatoms. The summed E-state index contributed by atoms with van der Waals surface area (Å²) < 4.78 is 24.7. The Hall–Kier alpha value is -1.43. The highest BCUT2D eigenvalue weighted by Crippen LogP contribution is 2.27. The molecule has 0 spiro atoms. The van der Waals surface area contributed by atoms with Crippen LogP contribution in [0.5, 0.6) is 0 Å². The van der Waals surface area contributed by atoms with Gasteiger partial charge in [0.2, 0.25) is 0 Å². The van der Waals surface area contributed by atoms with E-state index in [-0.39, 0.29) is 17.4 Å². The third-order valence-corrected chi connectivity index (χ3v) is 4.71. The van der Waals surface area contributed by atoms with E-state index in [0.29, 0.717) is 6.42 Å².